The quantitative estimate of drug-likeness (QED) is 0.630. The van der Waals surface area contributed by atoms with Gasteiger partial charge in [0.1, 0.15) is 10.6 Å². The minimum absolute atomic E-state index is 0.0862. The number of aryl methyl sites for hydroxylation is 1. The molecule has 1 N–H and O–H groups in total. The Morgan fingerprint density at radius 2 is 1.96 bits per heavy atom. The smallest absolute Gasteiger partial charge is 0.265 e. The van der Waals surface area contributed by atoms with Crippen molar-refractivity contribution in [1.82, 2.24) is 5.32 Å². The molecule has 0 aliphatic carbocycles. The fourth-order valence-corrected chi connectivity index (χ4v) is 4.14. The van der Waals surface area contributed by atoms with Crippen LogP contribution in [0.25, 0.3) is 10.1 Å². The van der Waals surface area contributed by atoms with Gasteiger partial charge in [0.15, 0.2) is 0 Å². The number of carbonyl (C=O) groups is 1. The van der Waals surface area contributed by atoms with Crippen molar-refractivity contribution in [2.75, 3.05) is 7.11 Å². The average Bonchev–Trinajstić information content (AvgIpc) is 2.99. The molecule has 0 fully saturated rings. The zero-order valence-electron chi connectivity index (χ0n) is 14.4. The van der Waals surface area contributed by atoms with Crippen LogP contribution in [0.4, 0.5) is 0 Å². The lowest BCUT2D eigenvalue weighted by atomic mass is 10.0. The van der Waals surface area contributed by atoms with Crippen LogP contribution < -0.4 is 10.1 Å². The van der Waals surface area contributed by atoms with Crippen molar-refractivity contribution >= 4 is 38.9 Å². The summed E-state index contributed by atoms with van der Waals surface area (Å²) in [7, 11) is 1.58. The van der Waals surface area contributed by atoms with Crippen LogP contribution in [-0.2, 0) is 6.42 Å². The Kier molecular flexibility index (Phi) is 5.30. The van der Waals surface area contributed by atoms with E-state index in [-0.39, 0.29) is 11.9 Å². The Morgan fingerprint density at radius 3 is 2.60 bits per heavy atom. The number of methoxy groups -OCH3 is 1. The lowest BCUT2D eigenvalue weighted by molar-refractivity contribution is 0.0941. The molecule has 1 heterocycles. The second-order valence-electron chi connectivity index (χ2n) is 5.90. The van der Waals surface area contributed by atoms with Gasteiger partial charge in [0, 0.05) is 15.1 Å². The van der Waals surface area contributed by atoms with Gasteiger partial charge in [-0.05, 0) is 42.7 Å². The van der Waals surface area contributed by atoms with E-state index in [0.717, 1.165) is 22.1 Å². The van der Waals surface area contributed by atoms with E-state index >= 15 is 0 Å². The number of halogens is 1. The van der Waals surface area contributed by atoms with Crippen LogP contribution >= 0.6 is 22.9 Å². The van der Waals surface area contributed by atoms with Crippen molar-refractivity contribution in [1.29, 1.82) is 0 Å². The van der Waals surface area contributed by atoms with Gasteiger partial charge >= 0.3 is 0 Å². The third-order valence-electron chi connectivity index (χ3n) is 4.25. The van der Waals surface area contributed by atoms with E-state index in [1.165, 1.54) is 16.9 Å². The van der Waals surface area contributed by atoms with Gasteiger partial charge in [-0.1, -0.05) is 42.8 Å². The minimum atomic E-state index is -0.138. The summed E-state index contributed by atoms with van der Waals surface area (Å²) in [5.41, 5.74) is 2.36. The van der Waals surface area contributed by atoms with Gasteiger partial charge in [0.25, 0.3) is 5.91 Å². The molecular formula is C20H20ClNO2S. The topological polar surface area (TPSA) is 38.3 Å². The number of nitrogens with one attached hydrogen (secondary N) is 1. The lowest BCUT2D eigenvalue weighted by Crippen LogP contribution is -2.26. The number of ether oxygens (including phenoxy) is 1. The van der Waals surface area contributed by atoms with Crippen molar-refractivity contribution in [2.24, 2.45) is 0 Å². The molecule has 0 radical (unpaired) electrons. The third kappa shape index (κ3) is 3.65. The van der Waals surface area contributed by atoms with Crippen molar-refractivity contribution < 1.29 is 9.53 Å². The molecule has 0 spiro atoms. The number of hydrogen-bond acceptors (Lipinski definition) is 3. The lowest BCUT2D eigenvalue weighted by Gasteiger charge is -2.14. The van der Waals surface area contributed by atoms with Gasteiger partial charge in [-0.2, -0.15) is 0 Å². The molecule has 0 aliphatic heterocycles. The Balaban J connectivity index is 1.86. The molecule has 3 nitrogen and oxygen atoms in total. The molecule has 0 saturated carbocycles. The predicted octanol–water partition coefficient (Wildman–Crippen LogP) is 5.62. The molecule has 130 valence electrons. The molecule has 0 saturated heterocycles. The van der Waals surface area contributed by atoms with Gasteiger partial charge in [-0.25, -0.2) is 0 Å². The number of amides is 1. The number of benzene rings is 2. The van der Waals surface area contributed by atoms with Gasteiger partial charge in [0.05, 0.1) is 13.2 Å². The summed E-state index contributed by atoms with van der Waals surface area (Å²) in [5.74, 6) is 0.462. The summed E-state index contributed by atoms with van der Waals surface area (Å²) in [4.78, 5) is 13.3. The van der Waals surface area contributed by atoms with Crippen LogP contribution in [0, 0.1) is 0 Å². The molecule has 1 amide bonds. The summed E-state index contributed by atoms with van der Waals surface area (Å²) in [6.45, 7) is 4.11. The van der Waals surface area contributed by atoms with Gasteiger partial charge in [-0.3, -0.25) is 4.79 Å². The highest BCUT2D eigenvalue weighted by atomic mass is 35.5. The van der Waals surface area contributed by atoms with Gasteiger partial charge in [-0.15, -0.1) is 11.3 Å². The van der Waals surface area contributed by atoms with Crippen LogP contribution in [0.1, 0.15) is 40.7 Å². The number of hydrogen-bond donors (Lipinski definition) is 1. The zero-order valence-corrected chi connectivity index (χ0v) is 16.0. The highest BCUT2D eigenvalue weighted by molar-refractivity contribution is 7.21. The van der Waals surface area contributed by atoms with E-state index in [9.17, 15) is 4.79 Å². The Bertz CT molecular complexity index is 902. The van der Waals surface area contributed by atoms with E-state index in [0.29, 0.717) is 15.6 Å². The second-order valence-corrected chi connectivity index (χ2v) is 7.38. The maximum Gasteiger partial charge on any atom is 0.265 e. The van der Waals surface area contributed by atoms with Crippen LogP contribution in [0.15, 0.2) is 42.5 Å². The van der Waals surface area contributed by atoms with Crippen LogP contribution in [0.5, 0.6) is 5.75 Å². The molecule has 1 aromatic heterocycles. The Hall–Kier alpha value is -2.04. The standard InChI is InChI=1S/C20H20ClNO2S/c1-4-13-5-7-14(8-6-13)12(2)22-20(23)19-18(24-3)16-10-9-15(21)11-17(16)25-19/h5-12H,4H2,1-3H3,(H,22,23). The van der Waals surface area contributed by atoms with Gasteiger partial charge in [0.2, 0.25) is 0 Å². The van der Waals surface area contributed by atoms with Gasteiger partial charge < -0.3 is 10.1 Å². The van der Waals surface area contributed by atoms with Crippen molar-refractivity contribution in [2.45, 2.75) is 26.3 Å². The molecule has 1 atom stereocenters. The first-order valence-electron chi connectivity index (χ1n) is 8.19. The fourth-order valence-electron chi connectivity index (χ4n) is 2.79. The van der Waals surface area contributed by atoms with Crippen molar-refractivity contribution in [3.63, 3.8) is 0 Å². The molecule has 2 aromatic carbocycles. The summed E-state index contributed by atoms with van der Waals surface area (Å²) in [6.07, 6.45) is 1.00. The molecule has 3 rings (SSSR count). The predicted molar refractivity (Wildman–Crippen MR) is 105 cm³/mol. The molecule has 0 bridgehead atoms. The maximum absolute atomic E-state index is 12.8. The average molecular weight is 374 g/mol. The Labute approximate surface area is 156 Å². The molecule has 25 heavy (non-hydrogen) atoms. The largest absolute Gasteiger partial charge is 0.494 e. The van der Waals surface area contributed by atoms with E-state index in [1.54, 1.807) is 13.2 Å². The zero-order chi connectivity index (χ0) is 18.0. The summed E-state index contributed by atoms with van der Waals surface area (Å²) >= 11 is 7.45. The van der Waals surface area contributed by atoms with Crippen LogP contribution in [0.2, 0.25) is 5.02 Å². The van der Waals surface area contributed by atoms with Crippen LogP contribution in [-0.4, -0.2) is 13.0 Å². The van der Waals surface area contributed by atoms with E-state index in [2.05, 4.69) is 36.5 Å². The summed E-state index contributed by atoms with van der Waals surface area (Å²) in [5, 5.41) is 4.61. The minimum Gasteiger partial charge on any atom is -0.494 e. The fraction of sp³-hybridized carbons (Fsp3) is 0.250. The highest BCUT2D eigenvalue weighted by Gasteiger charge is 2.21. The second kappa shape index (κ2) is 7.46. The molecule has 1 unspecified atom stereocenters. The number of rotatable bonds is 5. The molecule has 0 aliphatic rings. The normalized spacial score (nSPS) is 12.2. The highest BCUT2D eigenvalue weighted by Crippen LogP contribution is 2.39. The monoisotopic (exact) mass is 373 g/mol. The Morgan fingerprint density at radius 1 is 1.24 bits per heavy atom. The number of fused-ring (bicyclic) bond motifs is 1. The molecular weight excluding hydrogens is 354 g/mol. The van der Waals surface area contributed by atoms with Crippen LogP contribution in [0.3, 0.4) is 0 Å². The van der Waals surface area contributed by atoms with Crippen molar-refractivity contribution in [3.05, 3.63) is 63.5 Å². The van der Waals surface area contributed by atoms with E-state index in [1.807, 2.05) is 19.1 Å². The third-order valence-corrected chi connectivity index (χ3v) is 5.62. The van der Waals surface area contributed by atoms with E-state index < -0.39 is 0 Å². The number of thiophene rings is 1. The summed E-state index contributed by atoms with van der Waals surface area (Å²) < 4.78 is 6.42. The molecule has 3 aromatic rings. The first kappa shape index (κ1) is 17.8. The number of carbonyl (C=O) groups excluding carboxylic acids is 1. The molecule has 5 heteroatoms. The maximum atomic E-state index is 12.8. The first-order chi connectivity index (χ1) is 12.0. The summed E-state index contributed by atoms with van der Waals surface area (Å²) in [6, 6.07) is 13.8. The SMILES string of the molecule is CCc1ccc(C(C)NC(=O)c2sc3cc(Cl)ccc3c2OC)cc1. The first-order valence-corrected chi connectivity index (χ1v) is 9.38. The van der Waals surface area contributed by atoms with E-state index in [4.69, 9.17) is 16.3 Å². The van der Waals surface area contributed by atoms with Crippen molar-refractivity contribution in [3.8, 4) is 5.75 Å².